The van der Waals surface area contributed by atoms with Gasteiger partial charge in [-0.3, -0.25) is 0 Å². The smallest absolute Gasteiger partial charge is 0.164 e. The van der Waals surface area contributed by atoms with E-state index in [-0.39, 0.29) is 0 Å². The molecule has 12 rings (SSSR count). The van der Waals surface area contributed by atoms with Crippen LogP contribution in [0.15, 0.2) is 243 Å². The number of fused-ring (bicyclic) bond motifs is 3. The predicted octanol–water partition coefficient (Wildman–Crippen LogP) is 15.1. The van der Waals surface area contributed by atoms with Crippen LogP contribution in [0.25, 0.3) is 118 Å². The third-order valence-corrected chi connectivity index (χ3v) is 12.3. The Kier molecular flexibility index (Phi) is 10.1. The summed E-state index contributed by atoms with van der Waals surface area (Å²) in [6.45, 7) is 0. The van der Waals surface area contributed by atoms with Crippen molar-refractivity contribution < 1.29 is 0 Å². The van der Waals surface area contributed by atoms with E-state index in [1.54, 1.807) is 0 Å². The summed E-state index contributed by atoms with van der Waals surface area (Å²) in [5.74, 6) is 2.30. The number of aromatic nitrogens is 6. The van der Waals surface area contributed by atoms with Crippen LogP contribution < -0.4 is 0 Å². The molecule has 3 aromatic heterocycles. The fourth-order valence-electron chi connectivity index (χ4n) is 8.97. The normalized spacial score (nSPS) is 11.3. The second-order valence-corrected chi connectivity index (χ2v) is 16.5. The van der Waals surface area contributed by atoms with Crippen molar-refractivity contribution in [3.05, 3.63) is 243 Å². The standard InChI is InChI=1S/C61H40N6/c1-7-19-41(20-8-1)47-31-34-50-51-35-32-48(42-21-9-2-10-22-42)39-57(51)67(56(50)38-47)55-36-33-49(60-65-58(45-27-15-5-16-28-45)64-59(66-60)46-29-17-6-18-30-46)37-52(55)61-62-53(43-23-11-3-12-24-43)40-54(63-61)44-25-13-4-14-26-44/h1-40H. The summed E-state index contributed by atoms with van der Waals surface area (Å²) in [5.41, 5.74) is 14.7. The molecule has 0 radical (unpaired) electrons. The molecule has 0 N–H and O–H groups in total. The number of rotatable bonds is 9. The van der Waals surface area contributed by atoms with Crippen LogP contribution in [-0.2, 0) is 0 Å². The van der Waals surface area contributed by atoms with Gasteiger partial charge in [0.25, 0.3) is 0 Å². The van der Waals surface area contributed by atoms with E-state index in [9.17, 15) is 0 Å². The first-order chi connectivity index (χ1) is 33.2. The molecule has 0 spiro atoms. The molecule has 314 valence electrons. The van der Waals surface area contributed by atoms with Crippen molar-refractivity contribution in [3.8, 4) is 96.0 Å². The Bertz CT molecular complexity index is 3500. The van der Waals surface area contributed by atoms with E-state index in [2.05, 4.69) is 150 Å². The van der Waals surface area contributed by atoms with E-state index < -0.39 is 0 Å². The van der Waals surface area contributed by atoms with E-state index in [1.807, 2.05) is 97.1 Å². The van der Waals surface area contributed by atoms with Gasteiger partial charge in [0.05, 0.1) is 28.1 Å². The molecule has 3 heterocycles. The van der Waals surface area contributed by atoms with Gasteiger partial charge in [-0.2, -0.15) is 0 Å². The lowest BCUT2D eigenvalue weighted by Crippen LogP contribution is -2.04. The molecule has 0 aliphatic carbocycles. The Balaban J connectivity index is 1.17. The van der Waals surface area contributed by atoms with Gasteiger partial charge in [0.2, 0.25) is 0 Å². The van der Waals surface area contributed by atoms with Gasteiger partial charge in [-0.05, 0) is 58.7 Å². The average Bonchev–Trinajstić information content (AvgIpc) is 3.74. The highest BCUT2D eigenvalue weighted by Gasteiger charge is 2.22. The quantitative estimate of drug-likeness (QED) is 0.145. The van der Waals surface area contributed by atoms with E-state index >= 15 is 0 Å². The molecule has 67 heavy (non-hydrogen) atoms. The summed E-state index contributed by atoms with van der Waals surface area (Å²) in [6.07, 6.45) is 0. The van der Waals surface area contributed by atoms with E-state index in [4.69, 9.17) is 24.9 Å². The van der Waals surface area contributed by atoms with Crippen LogP contribution >= 0.6 is 0 Å². The van der Waals surface area contributed by atoms with Crippen molar-refractivity contribution in [2.24, 2.45) is 0 Å². The minimum atomic E-state index is 0.544. The van der Waals surface area contributed by atoms with Crippen molar-refractivity contribution in [1.29, 1.82) is 0 Å². The maximum absolute atomic E-state index is 5.45. The number of hydrogen-bond acceptors (Lipinski definition) is 5. The lowest BCUT2D eigenvalue weighted by Gasteiger charge is -2.17. The zero-order valence-corrected chi connectivity index (χ0v) is 36.3. The van der Waals surface area contributed by atoms with Crippen LogP contribution in [0.2, 0.25) is 0 Å². The number of hydrogen-bond donors (Lipinski definition) is 0. The fraction of sp³-hybridized carbons (Fsp3) is 0. The van der Waals surface area contributed by atoms with E-state index in [0.29, 0.717) is 23.3 Å². The van der Waals surface area contributed by atoms with Gasteiger partial charge in [-0.1, -0.05) is 206 Å². The van der Waals surface area contributed by atoms with Crippen LogP contribution in [-0.4, -0.2) is 29.5 Å². The molecular formula is C61H40N6. The lowest BCUT2D eigenvalue weighted by atomic mass is 10.0. The molecule has 0 aliphatic rings. The molecule has 0 fully saturated rings. The van der Waals surface area contributed by atoms with Crippen LogP contribution in [0.4, 0.5) is 0 Å². The summed E-state index contributed by atoms with van der Waals surface area (Å²) < 4.78 is 2.39. The van der Waals surface area contributed by atoms with E-state index in [0.717, 1.165) is 94.5 Å². The summed E-state index contributed by atoms with van der Waals surface area (Å²) >= 11 is 0. The Morgan fingerprint density at radius 3 is 1.01 bits per heavy atom. The van der Waals surface area contributed by atoms with Crippen molar-refractivity contribution in [3.63, 3.8) is 0 Å². The van der Waals surface area contributed by atoms with Crippen molar-refractivity contribution in [2.45, 2.75) is 0 Å². The Labute approximate surface area is 388 Å². The van der Waals surface area contributed by atoms with Crippen LogP contribution in [0.3, 0.4) is 0 Å². The minimum absolute atomic E-state index is 0.544. The fourth-order valence-corrected chi connectivity index (χ4v) is 8.97. The molecule has 0 atom stereocenters. The maximum Gasteiger partial charge on any atom is 0.164 e. The van der Waals surface area contributed by atoms with Gasteiger partial charge in [-0.15, -0.1) is 0 Å². The van der Waals surface area contributed by atoms with Crippen LogP contribution in [0.1, 0.15) is 0 Å². The first-order valence-corrected chi connectivity index (χ1v) is 22.4. The summed E-state index contributed by atoms with van der Waals surface area (Å²) in [7, 11) is 0. The largest absolute Gasteiger partial charge is 0.308 e. The second-order valence-electron chi connectivity index (χ2n) is 16.5. The third-order valence-electron chi connectivity index (χ3n) is 12.3. The highest BCUT2D eigenvalue weighted by molar-refractivity contribution is 6.11. The zero-order valence-electron chi connectivity index (χ0n) is 36.3. The molecule has 9 aromatic carbocycles. The SMILES string of the molecule is c1ccc(-c2ccc3c4ccc(-c5ccccc5)cc4n(-c4ccc(-c5nc(-c6ccccc6)nc(-c6ccccc6)n5)cc4-c4nc(-c5ccccc5)cc(-c5ccccc5)n4)c3c2)cc1. The molecule has 6 nitrogen and oxygen atoms in total. The van der Waals surface area contributed by atoms with Crippen LogP contribution in [0.5, 0.6) is 0 Å². The highest BCUT2D eigenvalue weighted by Crippen LogP contribution is 2.41. The average molecular weight is 857 g/mol. The van der Waals surface area contributed by atoms with E-state index in [1.165, 1.54) is 0 Å². The number of nitrogens with zero attached hydrogens (tertiary/aromatic N) is 6. The molecule has 0 saturated carbocycles. The zero-order chi connectivity index (χ0) is 44.5. The Morgan fingerprint density at radius 1 is 0.239 bits per heavy atom. The minimum Gasteiger partial charge on any atom is -0.308 e. The highest BCUT2D eigenvalue weighted by atomic mass is 15.0. The van der Waals surface area contributed by atoms with Crippen molar-refractivity contribution in [2.75, 3.05) is 0 Å². The molecule has 6 heteroatoms. The van der Waals surface area contributed by atoms with Gasteiger partial charge in [0.1, 0.15) is 0 Å². The second kappa shape index (κ2) is 17.1. The van der Waals surface area contributed by atoms with Gasteiger partial charge >= 0.3 is 0 Å². The summed E-state index contributed by atoms with van der Waals surface area (Å²) in [4.78, 5) is 26.3. The predicted molar refractivity (Wildman–Crippen MR) is 273 cm³/mol. The first-order valence-electron chi connectivity index (χ1n) is 22.4. The van der Waals surface area contributed by atoms with Crippen molar-refractivity contribution >= 4 is 21.8 Å². The molecule has 0 unspecified atom stereocenters. The van der Waals surface area contributed by atoms with Gasteiger partial charge in [-0.25, -0.2) is 24.9 Å². The molecule has 0 aliphatic heterocycles. The van der Waals surface area contributed by atoms with Crippen molar-refractivity contribution in [1.82, 2.24) is 29.5 Å². The number of benzene rings is 9. The lowest BCUT2D eigenvalue weighted by molar-refractivity contribution is 1.07. The van der Waals surface area contributed by atoms with Gasteiger partial charge in [0.15, 0.2) is 23.3 Å². The molecule has 12 aromatic rings. The Hall–Kier alpha value is -9.13. The summed E-state index contributed by atoms with van der Waals surface area (Å²) in [6, 6.07) is 84.1. The van der Waals surface area contributed by atoms with Gasteiger partial charge in [0, 0.05) is 44.2 Å². The summed E-state index contributed by atoms with van der Waals surface area (Å²) in [5, 5.41) is 2.29. The molecule has 0 amide bonds. The topological polar surface area (TPSA) is 69.4 Å². The Morgan fingerprint density at radius 2 is 0.597 bits per heavy atom. The monoisotopic (exact) mass is 856 g/mol. The molecule has 0 bridgehead atoms. The molecule has 0 saturated heterocycles. The molecular weight excluding hydrogens is 817 g/mol. The maximum atomic E-state index is 5.45. The van der Waals surface area contributed by atoms with Crippen LogP contribution in [0, 0.1) is 0 Å². The first kappa shape index (κ1) is 39.5. The van der Waals surface area contributed by atoms with Gasteiger partial charge < -0.3 is 4.57 Å². The third kappa shape index (κ3) is 7.62.